The van der Waals surface area contributed by atoms with Crippen molar-refractivity contribution in [3.63, 3.8) is 0 Å². The number of nitrogens with one attached hydrogen (secondary N) is 10. The first-order valence-corrected chi connectivity index (χ1v) is 36.3. The molecule has 0 unspecified atom stereocenters. The van der Waals surface area contributed by atoms with Crippen molar-refractivity contribution < 1.29 is 133 Å². The molecule has 0 radical (unpaired) electrons. The van der Waals surface area contributed by atoms with Gasteiger partial charge in [-0.1, -0.05) is 13.8 Å². The van der Waals surface area contributed by atoms with Crippen LogP contribution >= 0.6 is 0 Å². The Kier molecular flexibility index (Phi) is 37.2. The molecule has 14 N–H and O–H groups in total. The number of nitrogens with zero attached hydrogens (tertiary/aromatic N) is 9. The molecule has 0 bridgehead atoms. The van der Waals surface area contributed by atoms with Gasteiger partial charge in [0.25, 0.3) is 46.6 Å². The maximum Gasteiger partial charge on any atom is 1.00 e. The Labute approximate surface area is 691 Å². The maximum absolute atomic E-state index is 13.8. The number of fused-ring (bicyclic) bond motifs is 2. The van der Waals surface area contributed by atoms with E-state index < -0.39 is 130 Å². The Morgan fingerprint density at radius 2 is 0.975 bits per heavy atom. The van der Waals surface area contributed by atoms with Crippen LogP contribution in [0, 0.1) is 5.92 Å². The number of imide groups is 2. The molecule has 2 atom stereocenters. The Morgan fingerprint density at radius 1 is 0.567 bits per heavy atom. The average Bonchev–Trinajstić information content (AvgIpc) is 1.02. The smallest absolute Gasteiger partial charge is 0.870 e. The van der Waals surface area contributed by atoms with E-state index in [9.17, 15) is 95.0 Å². The van der Waals surface area contributed by atoms with Crippen LogP contribution in [-0.2, 0) is 94.3 Å². The molecule has 0 saturated heterocycles. The van der Waals surface area contributed by atoms with Gasteiger partial charge < -0.3 is 77.2 Å². The van der Waals surface area contributed by atoms with Gasteiger partial charge >= 0.3 is 42.9 Å². The van der Waals surface area contributed by atoms with E-state index in [2.05, 4.69) is 82.4 Å². The van der Waals surface area contributed by atoms with Crippen molar-refractivity contribution in [3.8, 4) is 0 Å². The van der Waals surface area contributed by atoms with Crippen molar-refractivity contribution in [3.05, 3.63) is 128 Å². The molecule has 47 heteroatoms. The molecule has 8 rings (SSSR count). The monoisotopic (exact) mass is 1680 g/mol. The van der Waals surface area contributed by atoms with E-state index in [0.717, 1.165) is 71.7 Å². The second kappa shape index (κ2) is 45.7. The van der Waals surface area contributed by atoms with Gasteiger partial charge in [0.15, 0.2) is 33.9 Å². The summed E-state index contributed by atoms with van der Waals surface area (Å²) in [5.41, 5.74) is 4.27. The van der Waals surface area contributed by atoms with Crippen LogP contribution in [0.2, 0.25) is 0 Å². The minimum Gasteiger partial charge on any atom is -0.870 e. The third kappa shape index (κ3) is 30.9. The molecule has 6 aromatic rings. The molecule has 0 saturated carbocycles. The quantitative estimate of drug-likeness (QED) is 0.00590. The van der Waals surface area contributed by atoms with E-state index in [1.54, 1.807) is 53.7 Å². The van der Waals surface area contributed by atoms with Gasteiger partial charge in [0.05, 0.1) is 70.4 Å². The van der Waals surface area contributed by atoms with Gasteiger partial charge in [-0.3, -0.25) is 97.1 Å². The summed E-state index contributed by atoms with van der Waals surface area (Å²) in [5.74, 6) is -12.9. The number of carbonyl (C=O) groups is 14. The first-order valence-electron chi connectivity index (χ1n) is 36.3. The summed E-state index contributed by atoms with van der Waals surface area (Å²) in [6.07, 6.45) is 0.729. The molecule has 2 aliphatic rings. The predicted molar refractivity (Wildman–Crippen MR) is 409 cm³/mol. The molecular formula is C73H88F3LiN20O23. The average molecular weight is 1680 g/mol. The zero-order chi connectivity index (χ0) is 86.6. The Balaban J connectivity index is 0.000000428. The van der Waals surface area contributed by atoms with Crippen LogP contribution in [0.1, 0.15) is 112 Å². The number of esters is 1. The van der Waals surface area contributed by atoms with Crippen LogP contribution < -0.4 is 83.1 Å². The summed E-state index contributed by atoms with van der Waals surface area (Å²) in [6, 6.07) is 7.86. The first kappa shape index (κ1) is 97.7. The van der Waals surface area contributed by atoms with Crippen LogP contribution in [0.3, 0.4) is 0 Å². The Morgan fingerprint density at radius 3 is 1.42 bits per heavy atom. The van der Waals surface area contributed by atoms with Crippen molar-refractivity contribution in [1.29, 1.82) is 0 Å². The number of aromatic amines is 2. The second-order valence-electron chi connectivity index (χ2n) is 26.9. The molecule has 12 amide bonds. The number of benzene rings is 2. The standard InChI is InChI=1S/C40H47F3N10O12.C33H40N10O10.Li.H2O/c1-22(2)33(58)50-38-49-32-31(35(60)51-38)47-24(20-46-32)21-53(37(62)40(41,42)43)25-8-6-23(7-9-25)34(59)48-26(36(61)63-5)10-11-27(54)44-15-18-64-39(3,4)65-19-16-45-28(55)14-17-52-29(56)12-13-30(52)57;1-33(2,53-16-13-36-24(45)11-14-43-25(46)9-10-26(43)47)52-15-12-35-23(44)8-7-22(31(50)51)40-29(48)19-3-5-20(6-4-19)37-17-21-18-38-28-27(39-21)30(49)42-32(34)41-28;;/h6-9,12-13,20,22,26H,10-11,14-19,21H2,1-5H3,(H,44,54)(H,45,55)(H,48,59)(H2,46,49,50,51,58,60);3-6,9-10,18,22,37H,7-8,11-17H2,1-2H3,(H,35,44)(H,36,45)(H,40,48)(H,50,51)(H3,34,38,41,42,49);;1H2/q;;+1;/p-1/t26-;22-;;/m00../s1. The summed E-state index contributed by atoms with van der Waals surface area (Å²) in [7, 11) is 1.06. The van der Waals surface area contributed by atoms with E-state index in [4.69, 9.17) is 29.4 Å². The van der Waals surface area contributed by atoms with Crippen LogP contribution in [0.25, 0.3) is 22.3 Å². The summed E-state index contributed by atoms with van der Waals surface area (Å²) in [4.78, 5) is 226. The number of nitrogen functional groups attached to an aromatic ring is 1. The number of carboxylic acid groups (broad SMARTS) is 1. The fraction of sp³-hybridized carbons (Fsp3) is 0.425. The van der Waals surface area contributed by atoms with Gasteiger partial charge in [0.2, 0.25) is 41.4 Å². The van der Waals surface area contributed by atoms with Crippen molar-refractivity contribution in [2.45, 2.75) is 123 Å². The first-order chi connectivity index (χ1) is 55.8. The van der Waals surface area contributed by atoms with Gasteiger partial charge in [-0.25, -0.2) is 29.5 Å². The number of alkyl halides is 3. The Bertz CT molecular complexity index is 4880. The van der Waals surface area contributed by atoms with Crippen molar-refractivity contribution in [1.82, 2.24) is 81.6 Å². The van der Waals surface area contributed by atoms with Gasteiger partial charge in [0, 0.05) is 118 Å². The summed E-state index contributed by atoms with van der Waals surface area (Å²) < 4.78 is 68.6. The zero-order valence-corrected chi connectivity index (χ0v) is 66.2. The van der Waals surface area contributed by atoms with Gasteiger partial charge in [-0.05, 0) is 89.1 Å². The number of amides is 12. The van der Waals surface area contributed by atoms with Gasteiger partial charge in [-0.15, -0.1) is 0 Å². The number of halogens is 3. The third-order valence-electron chi connectivity index (χ3n) is 16.7. The Hall–Kier alpha value is -12.9. The van der Waals surface area contributed by atoms with E-state index in [1.165, 1.54) is 18.3 Å². The molecule has 4 aromatic heterocycles. The number of rotatable bonds is 42. The maximum atomic E-state index is 13.8. The largest absolute Gasteiger partial charge is 1.00 e. The van der Waals surface area contributed by atoms with Crippen LogP contribution in [0.5, 0.6) is 0 Å². The number of hydrogen-bond acceptors (Lipinski definition) is 30. The van der Waals surface area contributed by atoms with E-state index in [1.807, 2.05) is 0 Å². The molecule has 0 spiro atoms. The number of aromatic nitrogens is 8. The molecule has 43 nitrogen and oxygen atoms in total. The fourth-order valence-corrected chi connectivity index (χ4v) is 10.5. The molecular weight excluding hydrogens is 1590 g/mol. The zero-order valence-electron chi connectivity index (χ0n) is 66.2. The number of H-pyrrole nitrogens is 2. The minimum atomic E-state index is -5.36. The minimum absolute atomic E-state index is 0. The fourth-order valence-electron chi connectivity index (χ4n) is 10.5. The number of hydrogen-bond donors (Lipinski definition) is 12. The molecule has 2 aliphatic heterocycles. The van der Waals surface area contributed by atoms with Crippen molar-refractivity contribution >= 4 is 128 Å². The third-order valence-corrected chi connectivity index (χ3v) is 16.7. The topological polar surface area (TPSA) is 610 Å². The second-order valence-corrected chi connectivity index (χ2v) is 26.9. The number of nitrogens with two attached hydrogens (primary N) is 1. The van der Waals surface area contributed by atoms with Crippen LogP contribution in [0.15, 0.2) is 94.8 Å². The molecule has 6 heterocycles. The summed E-state index contributed by atoms with van der Waals surface area (Å²) in [6.45, 7) is 9.71. The number of anilines is 4. The molecule has 120 heavy (non-hydrogen) atoms. The van der Waals surface area contributed by atoms with Crippen LogP contribution in [0.4, 0.5) is 36.4 Å². The van der Waals surface area contributed by atoms with Gasteiger partial charge in [0.1, 0.15) is 12.1 Å². The summed E-state index contributed by atoms with van der Waals surface area (Å²) in [5, 5.41) is 30.4. The molecule has 640 valence electrons. The SMILES string of the molecule is CC(C)(OCCNC(=O)CC[C@H](NC(=O)c1ccc(NCc2cnc3nc(N)[nH]c(=O)c3n2)cc1)C(=O)O)OCCNC(=O)CCN1C(=O)C=CC1=O.COC(=O)[C@H](CCC(=O)NCCOC(C)(C)OCCNC(=O)CCN1C(=O)C=CC1=O)NC(=O)c1ccc(N(Cc2cnc3nc(NC(=O)C(C)C)[nH]c(=O)c3n2)C(=O)C(F)(F)F)cc1.[Li+].[OH-]. The number of methoxy groups -OCH3 is 1. The van der Waals surface area contributed by atoms with E-state index >= 15 is 0 Å². The number of carboxylic acids is 1. The van der Waals surface area contributed by atoms with Crippen molar-refractivity contribution in [2.75, 3.05) is 94.1 Å². The number of ether oxygens (including phenoxy) is 5. The van der Waals surface area contributed by atoms with Crippen molar-refractivity contribution in [2.24, 2.45) is 5.92 Å². The van der Waals surface area contributed by atoms with Crippen LogP contribution in [-0.4, -0.2) is 246 Å². The van der Waals surface area contributed by atoms with Gasteiger partial charge in [-0.2, -0.15) is 23.1 Å². The molecule has 2 aromatic carbocycles. The number of aliphatic carboxylic acids is 1. The molecule has 0 fully saturated rings. The number of carbonyl (C=O) groups excluding carboxylic acids is 13. The van der Waals surface area contributed by atoms with E-state index in [0.29, 0.717) is 16.3 Å². The molecule has 0 aliphatic carbocycles. The normalized spacial score (nSPS) is 13.0. The van der Waals surface area contributed by atoms with E-state index in [-0.39, 0.29) is 198 Å². The predicted octanol–water partition coefficient (Wildman–Crippen LogP) is -3.21. The summed E-state index contributed by atoms with van der Waals surface area (Å²) >= 11 is 0.